The van der Waals surface area contributed by atoms with Crippen molar-refractivity contribution in [3.05, 3.63) is 20.8 Å². The van der Waals surface area contributed by atoms with E-state index in [-0.39, 0.29) is 0 Å². The summed E-state index contributed by atoms with van der Waals surface area (Å²) in [7, 11) is 0. The maximum absolute atomic E-state index is 3.61. The average molecular weight is 308 g/mol. The molecule has 0 aliphatic carbocycles. The molecule has 0 aliphatic heterocycles. The van der Waals surface area contributed by atoms with E-state index in [9.17, 15) is 0 Å². The van der Waals surface area contributed by atoms with Gasteiger partial charge in [-0.1, -0.05) is 6.92 Å². The molecular weight excluding hydrogens is 290 g/mol. The van der Waals surface area contributed by atoms with Crippen LogP contribution in [0.4, 0.5) is 0 Å². The predicted molar refractivity (Wildman–Crippen MR) is 76.0 cm³/mol. The van der Waals surface area contributed by atoms with Crippen molar-refractivity contribution in [1.29, 1.82) is 0 Å². The summed E-state index contributed by atoms with van der Waals surface area (Å²) in [5.74, 6) is 2.39. The highest BCUT2D eigenvalue weighted by molar-refractivity contribution is 9.10. The quantitative estimate of drug-likeness (QED) is 0.841. The second-order valence-corrected chi connectivity index (χ2v) is 6.79. The number of thiophene rings is 1. The summed E-state index contributed by atoms with van der Waals surface area (Å²) in [4.78, 5) is 1.40. The van der Waals surface area contributed by atoms with E-state index < -0.39 is 0 Å². The molecule has 2 atom stereocenters. The number of nitrogens with one attached hydrogen (secondary N) is 1. The molecule has 2 unspecified atom stereocenters. The zero-order valence-corrected chi connectivity index (χ0v) is 12.6. The summed E-state index contributed by atoms with van der Waals surface area (Å²) in [6, 6.07) is 3.22. The molecule has 0 fully saturated rings. The first-order chi connectivity index (χ1) is 7.13. The van der Waals surface area contributed by atoms with Crippen molar-refractivity contribution < 1.29 is 0 Å². The Labute approximate surface area is 109 Å². The Kier molecular flexibility index (Phi) is 6.27. The fourth-order valence-electron chi connectivity index (χ4n) is 1.41. The number of rotatable bonds is 6. The Hall–Kier alpha value is 0.490. The molecular formula is C11H18BrNS2. The molecule has 1 aromatic heterocycles. The van der Waals surface area contributed by atoms with Crippen LogP contribution in [0.5, 0.6) is 0 Å². The SMILES string of the molecule is CCSCC(C)NC(C)c1cc(Br)cs1. The van der Waals surface area contributed by atoms with Gasteiger partial charge in [0.2, 0.25) is 0 Å². The van der Waals surface area contributed by atoms with E-state index in [1.165, 1.54) is 20.9 Å². The lowest BCUT2D eigenvalue weighted by Gasteiger charge is -2.18. The van der Waals surface area contributed by atoms with Gasteiger partial charge in [-0.3, -0.25) is 0 Å². The summed E-state index contributed by atoms with van der Waals surface area (Å²) >= 11 is 7.28. The lowest BCUT2D eigenvalue weighted by atomic mass is 10.2. The fourth-order valence-corrected chi connectivity index (χ4v) is 3.55. The van der Waals surface area contributed by atoms with Crippen LogP contribution in [0.1, 0.15) is 31.7 Å². The van der Waals surface area contributed by atoms with E-state index in [1.54, 1.807) is 0 Å². The van der Waals surface area contributed by atoms with Gasteiger partial charge in [-0.25, -0.2) is 0 Å². The molecule has 0 aromatic carbocycles. The van der Waals surface area contributed by atoms with Gasteiger partial charge in [0.05, 0.1) is 0 Å². The molecule has 86 valence electrons. The van der Waals surface area contributed by atoms with Crippen LogP contribution in [-0.2, 0) is 0 Å². The van der Waals surface area contributed by atoms with Gasteiger partial charge in [0.1, 0.15) is 0 Å². The topological polar surface area (TPSA) is 12.0 Å². The van der Waals surface area contributed by atoms with Gasteiger partial charge in [0.15, 0.2) is 0 Å². The predicted octanol–water partition coefficient (Wildman–Crippen LogP) is 4.30. The van der Waals surface area contributed by atoms with Crippen LogP contribution in [0, 0.1) is 0 Å². The van der Waals surface area contributed by atoms with Gasteiger partial charge < -0.3 is 5.32 Å². The molecule has 0 saturated carbocycles. The van der Waals surface area contributed by atoms with Gasteiger partial charge in [0.25, 0.3) is 0 Å². The van der Waals surface area contributed by atoms with Crippen molar-refractivity contribution in [1.82, 2.24) is 5.32 Å². The highest BCUT2D eigenvalue weighted by Gasteiger charge is 2.10. The van der Waals surface area contributed by atoms with Crippen molar-refractivity contribution in [3.8, 4) is 0 Å². The number of thioether (sulfide) groups is 1. The Bertz CT molecular complexity index is 288. The number of halogens is 1. The Morgan fingerprint density at radius 3 is 2.80 bits per heavy atom. The van der Waals surface area contributed by atoms with Crippen LogP contribution in [0.2, 0.25) is 0 Å². The largest absolute Gasteiger partial charge is 0.306 e. The minimum Gasteiger partial charge on any atom is -0.306 e. The van der Waals surface area contributed by atoms with Crippen molar-refractivity contribution in [2.24, 2.45) is 0 Å². The molecule has 4 heteroatoms. The Morgan fingerprint density at radius 1 is 1.53 bits per heavy atom. The first kappa shape index (κ1) is 13.6. The minimum atomic E-state index is 0.453. The summed E-state index contributed by atoms with van der Waals surface area (Å²) in [6.07, 6.45) is 0. The van der Waals surface area contributed by atoms with Crippen molar-refractivity contribution in [2.75, 3.05) is 11.5 Å². The summed E-state index contributed by atoms with van der Waals surface area (Å²) < 4.78 is 1.19. The van der Waals surface area contributed by atoms with E-state index in [4.69, 9.17) is 0 Å². The van der Waals surface area contributed by atoms with Gasteiger partial charge >= 0.3 is 0 Å². The van der Waals surface area contributed by atoms with E-state index in [2.05, 4.69) is 53.5 Å². The van der Waals surface area contributed by atoms with Crippen molar-refractivity contribution >= 4 is 39.0 Å². The van der Waals surface area contributed by atoms with E-state index in [0.29, 0.717) is 12.1 Å². The average Bonchev–Trinajstić information content (AvgIpc) is 2.61. The Balaban J connectivity index is 2.38. The standard InChI is InChI=1S/C11H18BrNS2/c1-4-14-6-8(2)13-9(3)11-5-10(12)7-15-11/h5,7-9,13H,4,6H2,1-3H3. The second-order valence-electron chi connectivity index (χ2n) is 3.62. The molecule has 0 aliphatic rings. The first-order valence-electron chi connectivity index (χ1n) is 5.21. The van der Waals surface area contributed by atoms with E-state index in [1.807, 2.05) is 23.1 Å². The van der Waals surface area contributed by atoms with Gasteiger partial charge in [-0.2, -0.15) is 11.8 Å². The van der Waals surface area contributed by atoms with Crippen molar-refractivity contribution in [3.63, 3.8) is 0 Å². The molecule has 0 saturated heterocycles. The highest BCUT2D eigenvalue weighted by Crippen LogP contribution is 2.25. The smallest absolute Gasteiger partial charge is 0.0388 e. The first-order valence-corrected chi connectivity index (χ1v) is 8.04. The molecule has 0 spiro atoms. The summed E-state index contributed by atoms with van der Waals surface area (Å²) in [5, 5.41) is 5.75. The van der Waals surface area contributed by atoms with E-state index in [0.717, 1.165) is 0 Å². The molecule has 15 heavy (non-hydrogen) atoms. The summed E-state index contributed by atoms with van der Waals surface area (Å²) in [5.41, 5.74) is 0. The maximum Gasteiger partial charge on any atom is 0.0388 e. The molecule has 0 amide bonds. The van der Waals surface area contributed by atoms with Gasteiger partial charge in [-0.15, -0.1) is 11.3 Å². The molecule has 0 bridgehead atoms. The molecule has 0 radical (unpaired) electrons. The highest BCUT2D eigenvalue weighted by atomic mass is 79.9. The van der Waals surface area contributed by atoms with Gasteiger partial charge in [-0.05, 0) is 41.6 Å². The zero-order valence-electron chi connectivity index (χ0n) is 9.42. The third kappa shape index (κ3) is 4.89. The second kappa shape index (κ2) is 6.94. The normalized spacial score (nSPS) is 15.2. The van der Waals surface area contributed by atoms with Gasteiger partial charge in [0, 0.05) is 32.6 Å². The molecule has 1 heterocycles. The number of hydrogen-bond acceptors (Lipinski definition) is 3. The van der Waals surface area contributed by atoms with Crippen LogP contribution in [0.25, 0.3) is 0 Å². The lowest BCUT2D eigenvalue weighted by molar-refractivity contribution is 0.517. The lowest BCUT2D eigenvalue weighted by Crippen LogP contribution is -2.30. The summed E-state index contributed by atoms with van der Waals surface area (Å²) in [6.45, 7) is 6.68. The van der Waals surface area contributed by atoms with E-state index >= 15 is 0 Å². The zero-order chi connectivity index (χ0) is 11.3. The van der Waals surface area contributed by atoms with Crippen LogP contribution < -0.4 is 5.32 Å². The monoisotopic (exact) mass is 307 g/mol. The Morgan fingerprint density at radius 2 is 2.27 bits per heavy atom. The van der Waals surface area contributed by atoms with Crippen molar-refractivity contribution in [2.45, 2.75) is 32.9 Å². The third-order valence-electron chi connectivity index (χ3n) is 2.12. The van der Waals surface area contributed by atoms with Crippen LogP contribution in [0.3, 0.4) is 0 Å². The molecule has 1 rings (SSSR count). The third-order valence-corrected chi connectivity index (χ3v) is 5.14. The van der Waals surface area contributed by atoms with Crippen LogP contribution >= 0.6 is 39.0 Å². The fraction of sp³-hybridized carbons (Fsp3) is 0.636. The molecule has 1 nitrogen and oxygen atoms in total. The molecule has 1 aromatic rings. The maximum atomic E-state index is 3.61. The van der Waals surface area contributed by atoms with Crippen LogP contribution in [-0.4, -0.2) is 17.5 Å². The molecule has 1 N–H and O–H groups in total. The minimum absolute atomic E-state index is 0.453. The number of hydrogen-bond donors (Lipinski definition) is 1. The van der Waals surface area contributed by atoms with Crippen LogP contribution in [0.15, 0.2) is 15.9 Å².